The van der Waals surface area contributed by atoms with Crippen LogP contribution in [0.25, 0.3) is 22.3 Å². The Hall–Kier alpha value is -6.40. The van der Waals surface area contributed by atoms with Gasteiger partial charge in [0.25, 0.3) is 5.56 Å². The number of aryl methyl sites for hydroxylation is 1. The molecule has 22 nitrogen and oxygen atoms in total. The number of carboxylic acids is 1. The van der Waals surface area contributed by atoms with Gasteiger partial charge < -0.3 is 50.8 Å². The van der Waals surface area contributed by atoms with Crippen molar-refractivity contribution in [2.24, 2.45) is 0 Å². The van der Waals surface area contributed by atoms with Crippen molar-refractivity contribution in [3.05, 3.63) is 78.8 Å². The molecule has 7 rings (SSSR count). The summed E-state index contributed by atoms with van der Waals surface area (Å²) in [4.78, 5) is 103. The van der Waals surface area contributed by atoms with Crippen LogP contribution in [0.3, 0.4) is 0 Å². The topological polar surface area (TPSA) is 316 Å². The van der Waals surface area contributed by atoms with Crippen LogP contribution in [-0.2, 0) is 79.7 Å². The summed E-state index contributed by atoms with van der Waals surface area (Å²) in [7, 11) is -3.58. The summed E-state index contributed by atoms with van der Waals surface area (Å²) in [5, 5.41) is 35.2. The second kappa shape index (κ2) is 21.9. The molecule has 3 aliphatic rings. The first kappa shape index (κ1) is 52.4. The van der Waals surface area contributed by atoms with Crippen molar-refractivity contribution in [2.75, 3.05) is 32.7 Å². The number of carbonyl (C=O) groups is 6. The van der Waals surface area contributed by atoms with Crippen LogP contribution in [0.15, 0.2) is 34.5 Å². The van der Waals surface area contributed by atoms with Crippen LogP contribution in [0.2, 0.25) is 5.02 Å². The summed E-state index contributed by atoms with van der Waals surface area (Å²) < 4.78 is 35.7. The van der Waals surface area contributed by atoms with Crippen molar-refractivity contribution in [3.8, 4) is 11.4 Å². The van der Waals surface area contributed by atoms with Crippen LogP contribution >= 0.6 is 11.6 Å². The van der Waals surface area contributed by atoms with Gasteiger partial charge in [0.2, 0.25) is 38.6 Å². The van der Waals surface area contributed by atoms with Crippen molar-refractivity contribution in [3.63, 3.8) is 0 Å². The third-order valence-electron chi connectivity index (χ3n) is 13.0. The average Bonchev–Trinajstić information content (AvgIpc) is 3.70. The number of hydrogen-bond acceptors (Lipinski definition) is 16. The summed E-state index contributed by atoms with van der Waals surface area (Å²) in [6, 6.07) is 1.26. The molecule has 7 N–H and O–H groups in total. The number of cyclic esters (lactones) is 1. The first-order valence-electron chi connectivity index (χ1n) is 23.2. The number of fused-ring (bicyclic) bond motifs is 5. The van der Waals surface area contributed by atoms with E-state index in [-0.39, 0.29) is 54.9 Å². The predicted octanol–water partition coefficient (Wildman–Crippen LogP) is 1.29. The van der Waals surface area contributed by atoms with Gasteiger partial charge in [0.1, 0.15) is 26.0 Å². The lowest BCUT2D eigenvalue weighted by Gasteiger charge is -2.31. The van der Waals surface area contributed by atoms with Gasteiger partial charge in [0.05, 0.1) is 48.1 Å². The molecule has 0 fully saturated rings. The molecule has 5 heterocycles. The van der Waals surface area contributed by atoms with Crippen molar-refractivity contribution >= 4 is 67.9 Å². The molecule has 4 aromatic rings. The minimum Gasteiger partial charge on any atom is -0.481 e. The van der Waals surface area contributed by atoms with Crippen LogP contribution in [0.1, 0.15) is 104 Å². The zero-order chi connectivity index (χ0) is 51.4. The molecular weight excluding hydrogens is 966 g/mol. The van der Waals surface area contributed by atoms with E-state index in [2.05, 4.69) is 36.6 Å². The first-order valence-corrected chi connectivity index (χ1v) is 25.5. The normalized spacial score (nSPS) is 17.5. The first-order chi connectivity index (χ1) is 33.7. The minimum atomic E-state index is -3.58. The number of halogens is 1. The number of aliphatic carboxylic acids is 1. The number of carboxylic acid groups (broad SMARTS) is 1. The van der Waals surface area contributed by atoms with E-state index in [4.69, 9.17) is 26.1 Å². The molecule has 0 saturated heterocycles. The van der Waals surface area contributed by atoms with Crippen molar-refractivity contribution in [2.45, 2.75) is 121 Å². The van der Waals surface area contributed by atoms with E-state index in [9.17, 15) is 52.2 Å². The van der Waals surface area contributed by atoms with Gasteiger partial charge in [-0.1, -0.05) is 38.3 Å². The lowest BCUT2D eigenvalue weighted by atomic mass is 9.81. The molecule has 1 aromatic carbocycles. The van der Waals surface area contributed by atoms with Crippen molar-refractivity contribution in [1.82, 2.24) is 46.1 Å². The number of sulfone groups is 1. The van der Waals surface area contributed by atoms with Crippen LogP contribution in [0.4, 0.5) is 0 Å². The Kier molecular flexibility index (Phi) is 16.2. The van der Waals surface area contributed by atoms with Gasteiger partial charge >= 0.3 is 11.9 Å². The molecule has 0 bridgehead atoms. The van der Waals surface area contributed by atoms with Crippen molar-refractivity contribution in [1.29, 1.82) is 0 Å². The van der Waals surface area contributed by atoms with E-state index in [1.165, 1.54) is 17.0 Å². The highest BCUT2D eigenvalue weighted by Crippen LogP contribution is 2.46. The monoisotopic (exact) mass is 1020 g/mol. The average molecular weight is 1020 g/mol. The van der Waals surface area contributed by atoms with Crippen LogP contribution in [-0.4, -0.2) is 118 Å². The molecule has 71 heavy (non-hydrogen) atoms. The maximum atomic E-state index is 14.0. The molecule has 4 amide bonds. The highest BCUT2D eigenvalue weighted by atomic mass is 35.5. The van der Waals surface area contributed by atoms with E-state index in [1.807, 2.05) is 13.8 Å². The summed E-state index contributed by atoms with van der Waals surface area (Å²) in [5.74, 6) is -4.67. The van der Waals surface area contributed by atoms with Crippen molar-refractivity contribution < 1.29 is 56.9 Å². The molecule has 1 aliphatic carbocycles. The quantitative estimate of drug-likeness (QED) is 0.0222. The SMILES string of the molecule is CCCCC(Cc1cnc(S(C)(=O)=O)nc1)NCC(=O)N[C@@H](CCC(=O)O)C(=O)NCC(=O)NCOCC(=O)N[C@H]1CCc2c(C)c(Cl)cc3nc4c(c1c23)Cn1c-4cc2c(c1=O)COC(=O)[C@]2(O)CC. The van der Waals surface area contributed by atoms with Gasteiger partial charge in [-0.05, 0) is 79.8 Å². The van der Waals surface area contributed by atoms with Gasteiger partial charge in [-0.3, -0.25) is 28.8 Å². The number of hydrogen-bond donors (Lipinski definition) is 7. The molecule has 380 valence electrons. The number of esters is 1. The minimum absolute atomic E-state index is 0.0208. The highest BCUT2D eigenvalue weighted by Gasteiger charge is 2.46. The van der Waals surface area contributed by atoms with Crippen LogP contribution in [0.5, 0.6) is 0 Å². The largest absolute Gasteiger partial charge is 0.481 e. The van der Waals surface area contributed by atoms with Gasteiger partial charge in [0.15, 0.2) is 5.60 Å². The molecule has 1 unspecified atom stereocenters. The molecule has 0 spiro atoms. The molecule has 0 radical (unpaired) electrons. The number of amides is 4. The van der Waals surface area contributed by atoms with Gasteiger partial charge in [0, 0.05) is 52.6 Å². The lowest BCUT2D eigenvalue weighted by molar-refractivity contribution is -0.172. The standard InChI is InChI=1S/C47H56ClN9O13S/c1-5-7-8-26(13-25-16-51-46(52-17-25)71(4,67)68)49-19-37(59)55-33(11-12-39(61)62)43(63)50-18-36(58)53-23-69-22-38(60)54-32-10-9-27-24(3)31(48)15-34-40(27)41(32)28-20-57-35(42(28)56-34)14-30-29(44(57)64)21-70-45(65)47(30,66)6-2/h14-17,26,32-33,49,66H,5-13,18-23H2,1-4H3,(H,50,63)(H,53,58)(H,54,60)(H,55,59)(H,61,62)/t26?,32-,33-,47-/m0/s1. The number of pyridine rings is 2. The zero-order valence-corrected chi connectivity index (χ0v) is 41.2. The number of nitrogens with zero attached hydrogens (tertiary/aromatic N) is 4. The molecule has 24 heteroatoms. The maximum Gasteiger partial charge on any atom is 0.343 e. The molecular formula is C47H56ClN9O13S. The predicted molar refractivity (Wildman–Crippen MR) is 254 cm³/mol. The van der Waals surface area contributed by atoms with Crippen LogP contribution in [0, 0.1) is 6.92 Å². The number of aliphatic hydroxyl groups is 1. The lowest BCUT2D eigenvalue weighted by Crippen LogP contribution is -2.51. The molecule has 4 atom stereocenters. The Labute approximate surface area is 413 Å². The molecule has 2 aliphatic heterocycles. The van der Waals surface area contributed by atoms with Gasteiger partial charge in [-0.2, -0.15) is 0 Å². The van der Waals surface area contributed by atoms with E-state index in [0.717, 1.165) is 41.2 Å². The maximum absolute atomic E-state index is 14.0. The summed E-state index contributed by atoms with van der Waals surface area (Å²) >= 11 is 6.69. The van der Waals surface area contributed by atoms with E-state index in [0.29, 0.717) is 58.7 Å². The van der Waals surface area contributed by atoms with Gasteiger partial charge in [-0.15, -0.1) is 0 Å². The number of aromatic nitrogens is 4. The second-order valence-electron chi connectivity index (χ2n) is 17.9. The Morgan fingerprint density at radius 1 is 1.01 bits per heavy atom. The molecule has 0 saturated carbocycles. The fraction of sp³-hybridized carbons (Fsp3) is 0.489. The fourth-order valence-corrected chi connectivity index (χ4v) is 9.94. The number of nitrogens with one attached hydrogen (secondary N) is 5. The fourth-order valence-electron chi connectivity index (χ4n) is 9.23. The molecule has 3 aromatic heterocycles. The zero-order valence-electron chi connectivity index (χ0n) is 39.6. The number of benzene rings is 1. The number of ether oxygens (including phenoxy) is 2. The summed E-state index contributed by atoms with van der Waals surface area (Å²) in [6.07, 6.45) is 6.81. The van der Waals surface area contributed by atoms with Crippen LogP contribution < -0.4 is 32.1 Å². The van der Waals surface area contributed by atoms with E-state index in [1.54, 1.807) is 19.1 Å². The second-order valence-corrected chi connectivity index (χ2v) is 20.2. The number of rotatable bonds is 22. The summed E-state index contributed by atoms with van der Waals surface area (Å²) in [6.45, 7) is 3.66. The Balaban J connectivity index is 0.935. The third-order valence-corrected chi connectivity index (χ3v) is 14.3. The number of carbonyl (C=O) groups excluding carboxylic acids is 5. The summed E-state index contributed by atoms with van der Waals surface area (Å²) in [5.41, 5.74) is 3.20. The smallest absolute Gasteiger partial charge is 0.343 e. The Morgan fingerprint density at radius 3 is 2.45 bits per heavy atom. The van der Waals surface area contributed by atoms with E-state index < -0.39 is 95.0 Å². The Morgan fingerprint density at radius 2 is 1.76 bits per heavy atom. The Bertz CT molecular complexity index is 2970. The van der Waals surface area contributed by atoms with E-state index >= 15 is 0 Å². The van der Waals surface area contributed by atoms with Gasteiger partial charge in [-0.25, -0.2) is 28.2 Å². The third kappa shape index (κ3) is 11.5. The highest BCUT2D eigenvalue weighted by molar-refractivity contribution is 7.90. The number of unbranched alkanes of at least 4 members (excludes halogenated alkanes) is 1.